The van der Waals surface area contributed by atoms with Gasteiger partial charge in [0.05, 0.1) is 13.2 Å². The van der Waals surface area contributed by atoms with Crippen LogP contribution < -0.4 is 10.6 Å². The predicted octanol–water partition coefficient (Wildman–Crippen LogP) is 2.53. The summed E-state index contributed by atoms with van der Waals surface area (Å²) in [5, 5.41) is 8.83. The van der Waals surface area contributed by atoms with E-state index >= 15 is 0 Å². The number of thiophene rings is 1. The summed E-state index contributed by atoms with van der Waals surface area (Å²) in [5.74, 6) is 0.901. The normalized spacial score (nSPS) is 14.7. The zero-order valence-corrected chi connectivity index (χ0v) is 17.2. The van der Waals surface area contributed by atoms with Gasteiger partial charge in [-0.15, -0.1) is 35.3 Å². The first-order valence-corrected chi connectivity index (χ1v) is 8.99. The van der Waals surface area contributed by atoms with Crippen LogP contribution in [0.3, 0.4) is 0 Å². The van der Waals surface area contributed by atoms with Gasteiger partial charge in [-0.05, 0) is 31.2 Å². The molecule has 0 unspecified atom stereocenters. The monoisotopic (exact) mass is 452 g/mol. The van der Waals surface area contributed by atoms with Gasteiger partial charge in [0.15, 0.2) is 5.96 Å². The molecular formula is C16H29IN4OS. The van der Waals surface area contributed by atoms with Crippen molar-refractivity contribution in [3.05, 3.63) is 22.4 Å². The Labute approximate surface area is 160 Å². The number of aliphatic imine (C=N–C) groups is 1. The minimum Gasteiger partial charge on any atom is -0.383 e. The molecule has 0 bridgehead atoms. The highest BCUT2D eigenvalue weighted by molar-refractivity contribution is 14.0. The first kappa shape index (κ1) is 20.7. The number of guanidine groups is 1. The number of nitrogens with one attached hydrogen (secondary N) is 2. The van der Waals surface area contributed by atoms with Crippen molar-refractivity contribution in [1.82, 2.24) is 15.5 Å². The molecule has 0 saturated heterocycles. The lowest BCUT2D eigenvalue weighted by molar-refractivity contribution is 0.144. The molecule has 1 saturated carbocycles. The first-order valence-electron chi connectivity index (χ1n) is 8.11. The van der Waals surface area contributed by atoms with Crippen LogP contribution in [0.2, 0.25) is 0 Å². The Balaban J connectivity index is 0.00000264. The summed E-state index contributed by atoms with van der Waals surface area (Å²) in [6.07, 6.45) is 2.66. The molecule has 0 radical (unpaired) electrons. The van der Waals surface area contributed by atoms with Crippen LogP contribution >= 0.6 is 35.3 Å². The zero-order valence-electron chi connectivity index (χ0n) is 14.1. The number of hydrogen-bond acceptors (Lipinski definition) is 4. The fraction of sp³-hybridized carbons (Fsp3) is 0.688. The molecule has 1 fully saturated rings. The van der Waals surface area contributed by atoms with E-state index in [-0.39, 0.29) is 24.0 Å². The molecule has 0 aliphatic heterocycles. The first-order chi connectivity index (χ1) is 10.8. The lowest BCUT2D eigenvalue weighted by Crippen LogP contribution is -2.42. The third-order valence-corrected chi connectivity index (χ3v) is 4.52. The van der Waals surface area contributed by atoms with Gasteiger partial charge in [0.25, 0.3) is 0 Å². The van der Waals surface area contributed by atoms with E-state index in [0.29, 0.717) is 0 Å². The summed E-state index contributed by atoms with van der Waals surface area (Å²) in [5.41, 5.74) is 0. The van der Waals surface area contributed by atoms with Crippen LogP contribution in [0.5, 0.6) is 0 Å². The molecule has 7 heteroatoms. The smallest absolute Gasteiger partial charge is 0.191 e. The average molecular weight is 452 g/mol. The summed E-state index contributed by atoms with van der Waals surface area (Å²) in [6.45, 7) is 7.50. The number of nitrogens with zero attached hydrogens (tertiary/aromatic N) is 2. The van der Waals surface area contributed by atoms with Gasteiger partial charge in [-0.1, -0.05) is 6.07 Å². The van der Waals surface area contributed by atoms with Crippen molar-refractivity contribution in [1.29, 1.82) is 0 Å². The second kappa shape index (κ2) is 12.0. The summed E-state index contributed by atoms with van der Waals surface area (Å²) >= 11 is 1.75. The molecular weight excluding hydrogens is 423 g/mol. The van der Waals surface area contributed by atoms with Crippen LogP contribution in [0.4, 0.5) is 0 Å². The number of hydrogen-bond donors (Lipinski definition) is 2. The van der Waals surface area contributed by atoms with Gasteiger partial charge >= 0.3 is 0 Å². The molecule has 5 nitrogen and oxygen atoms in total. The third-order valence-electron chi connectivity index (χ3n) is 3.65. The standard InChI is InChI=1S/C16H28N4OS.HI/c1-3-17-16(19-13-15-5-4-12-22-15)18-8-9-20(10-11-21-2)14-6-7-14;/h4-5,12,14H,3,6-11,13H2,1-2H3,(H2,17,18,19);1H. The van der Waals surface area contributed by atoms with Crippen LogP contribution in [0, 0.1) is 0 Å². The average Bonchev–Trinajstić information content (AvgIpc) is 3.24. The highest BCUT2D eigenvalue weighted by Gasteiger charge is 2.28. The second-order valence-electron chi connectivity index (χ2n) is 5.46. The highest BCUT2D eigenvalue weighted by Crippen LogP contribution is 2.25. The van der Waals surface area contributed by atoms with Gasteiger partial charge in [0.2, 0.25) is 0 Å². The molecule has 1 aromatic heterocycles. The Morgan fingerprint density at radius 2 is 2.22 bits per heavy atom. The summed E-state index contributed by atoms with van der Waals surface area (Å²) < 4.78 is 5.20. The van der Waals surface area contributed by atoms with Crippen molar-refractivity contribution in [3.63, 3.8) is 0 Å². The van der Waals surface area contributed by atoms with Crippen molar-refractivity contribution in [2.24, 2.45) is 4.99 Å². The van der Waals surface area contributed by atoms with E-state index in [9.17, 15) is 0 Å². The number of methoxy groups -OCH3 is 1. The fourth-order valence-corrected chi connectivity index (χ4v) is 2.97. The van der Waals surface area contributed by atoms with Gasteiger partial charge in [-0.2, -0.15) is 0 Å². The predicted molar refractivity (Wildman–Crippen MR) is 109 cm³/mol. The molecule has 0 aromatic carbocycles. The van der Waals surface area contributed by atoms with Crippen molar-refractivity contribution in [3.8, 4) is 0 Å². The fourth-order valence-electron chi connectivity index (χ4n) is 2.34. The maximum atomic E-state index is 5.20. The van der Waals surface area contributed by atoms with Crippen LogP contribution in [-0.2, 0) is 11.3 Å². The molecule has 2 N–H and O–H groups in total. The van der Waals surface area contributed by atoms with Gasteiger partial charge in [-0.3, -0.25) is 4.90 Å². The molecule has 1 aliphatic rings. The molecule has 2 rings (SSSR count). The van der Waals surface area contributed by atoms with Crippen LogP contribution in [-0.4, -0.2) is 56.8 Å². The van der Waals surface area contributed by atoms with E-state index in [1.807, 2.05) is 0 Å². The Kier molecular flexibility index (Phi) is 10.8. The van der Waals surface area contributed by atoms with E-state index in [1.165, 1.54) is 17.7 Å². The molecule has 0 spiro atoms. The second-order valence-corrected chi connectivity index (χ2v) is 6.49. The Morgan fingerprint density at radius 3 is 2.83 bits per heavy atom. The van der Waals surface area contributed by atoms with E-state index in [1.54, 1.807) is 18.4 Å². The summed E-state index contributed by atoms with van der Waals surface area (Å²) in [7, 11) is 1.77. The van der Waals surface area contributed by atoms with Crippen LogP contribution in [0.1, 0.15) is 24.6 Å². The van der Waals surface area contributed by atoms with Gasteiger partial charge in [0.1, 0.15) is 0 Å². The number of ether oxygens (including phenoxy) is 1. The quantitative estimate of drug-likeness (QED) is 0.326. The zero-order chi connectivity index (χ0) is 15.6. The lowest BCUT2D eigenvalue weighted by atomic mass is 10.4. The topological polar surface area (TPSA) is 48.9 Å². The maximum Gasteiger partial charge on any atom is 0.191 e. The molecule has 0 atom stereocenters. The van der Waals surface area contributed by atoms with E-state index in [2.05, 4.69) is 45.0 Å². The number of halogens is 1. The van der Waals surface area contributed by atoms with E-state index in [4.69, 9.17) is 4.74 Å². The lowest BCUT2D eigenvalue weighted by Gasteiger charge is -2.22. The van der Waals surface area contributed by atoms with Crippen molar-refractivity contribution in [2.45, 2.75) is 32.4 Å². The largest absolute Gasteiger partial charge is 0.383 e. The van der Waals surface area contributed by atoms with E-state index < -0.39 is 0 Å². The number of rotatable bonds is 10. The Hall–Kier alpha value is -0.380. The molecule has 1 heterocycles. The van der Waals surface area contributed by atoms with Crippen LogP contribution in [0.15, 0.2) is 22.5 Å². The molecule has 1 aliphatic carbocycles. The minimum absolute atomic E-state index is 0. The van der Waals surface area contributed by atoms with Crippen molar-refractivity contribution < 1.29 is 4.74 Å². The van der Waals surface area contributed by atoms with Crippen molar-refractivity contribution in [2.75, 3.05) is 39.9 Å². The van der Waals surface area contributed by atoms with Gasteiger partial charge in [0, 0.05) is 44.2 Å². The van der Waals surface area contributed by atoms with Crippen molar-refractivity contribution >= 4 is 41.3 Å². The Bertz CT molecular complexity index is 437. The molecule has 132 valence electrons. The molecule has 1 aromatic rings. The van der Waals surface area contributed by atoms with E-state index in [0.717, 1.165) is 51.3 Å². The Morgan fingerprint density at radius 1 is 1.39 bits per heavy atom. The van der Waals surface area contributed by atoms with Gasteiger partial charge < -0.3 is 15.4 Å². The minimum atomic E-state index is 0. The summed E-state index contributed by atoms with van der Waals surface area (Å²) in [6, 6.07) is 4.96. The van der Waals surface area contributed by atoms with Gasteiger partial charge in [-0.25, -0.2) is 4.99 Å². The summed E-state index contributed by atoms with van der Waals surface area (Å²) in [4.78, 5) is 8.44. The SMILES string of the molecule is CCNC(=NCc1cccs1)NCCN(CCOC)C1CC1.I. The third kappa shape index (κ3) is 8.32. The highest BCUT2D eigenvalue weighted by atomic mass is 127. The van der Waals surface area contributed by atoms with Crippen LogP contribution in [0.25, 0.3) is 0 Å². The molecule has 23 heavy (non-hydrogen) atoms. The maximum absolute atomic E-state index is 5.20. The molecule has 0 amide bonds.